The van der Waals surface area contributed by atoms with Crippen LogP contribution in [0.3, 0.4) is 0 Å². The lowest BCUT2D eigenvalue weighted by molar-refractivity contribution is -0.122. The van der Waals surface area contributed by atoms with Crippen LogP contribution in [0.25, 0.3) is 11.3 Å². The third-order valence-corrected chi connectivity index (χ3v) is 7.58. The van der Waals surface area contributed by atoms with Crippen molar-refractivity contribution in [2.45, 2.75) is 38.8 Å². The van der Waals surface area contributed by atoms with E-state index in [9.17, 15) is 9.59 Å². The first-order valence-corrected chi connectivity index (χ1v) is 13.9. The lowest BCUT2D eigenvalue weighted by Gasteiger charge is -2.21. The average molecular weight is 561 g/mol. The van der Waals surface area contributed by atoms with Gasteiger partial charge in [-0.1, -0.05) is 48.5 Å². The highest BCUT2D eigenvalue weighted by atomic mass is 35.5. The number of fused-ring (bicyclic) bond motifs is 1. The number of ether oxygens (including phenoxy) is 2. The summed E-state index contributed by atoms with van der Waals surface area (Å²) < 4.78 is 11.1. The molecule has 1 aromatic heterocycles. The molecular formula is C31H33ClN4O4. The van der Waals surface area contributed by atoms with Crippen LogP contribution in [0.15, 0.2) is 61.3 Å². The molecule has 1 N–H and O–H groups in total. The Morgan fingerprint density at radius 3 is 2.90 bits per heavy atom. The molecule has 0 spiro atoms. The van der Waals surface area contributed by atoms with Crippen LogP contribution in [0.4, 0.5) is 0 Å². The fraction of sp³-hybridized carbons (Fsp3) is 0.355. The fourth-order valence-corrected chi connectivity index (χ4v) is 5.32. The maximum absolute atomic E-state index is 13.3. The second-order valence-electron chi connectivity index (χ2n) is 10.2. The summed E-state index contributed by atoms with van der Waals surface area (Å²) in [5, 5.41) is 3.42. The Balaban J connectivity index is 1.24. The SMILES string of the molecule is C=CCOc1cccc([C@@H](C)NC(=O)CN2Cc3ccc(-c4nc(CC5CCOCC5)ncc4Cl)cc3C2=O)c1. The van der Waals surface area contributed by atoms with Crippen molar-refractivity contribution in [3.05, 3.63) is 88.9 Å². The second-order valence-corrected chi connectivity index (χ2v) is 10.6. The van der Waals surface area contributed by atoms with Crippen LogP contribution < -0.4 is 10.1 Å². The van der Waals surface area contributed by atoms with E-state index >= 15 is 0 Å². The zero-order valence-electron chi connectivity index (χ0n) is 22.6. The summed E-state index contributed by atoms with van der Waals surface area (Å²) >= 11 is 6.49. The number of halogens is 1. The lowest BCUT2D eigenvalue weighted by Crippen LogP contribution is -2.38. The summed E-state index contributed by atoms with van der Waals surface area (Å²) in [5.74, 6) is 1.51. The van der Waals surface area contributed by atoms with E-state index in [2.05, 4.69) is 16.9 Å². The molecule has 2 aromatic carbocycles. The Labute approximate surface area is 239 Å². The molecule has 1 fully saturated rings. The van der Waals surface area contributed by atoms with Crippen LogP contribution in [0, 0.1) is 5.92 Å². The van der Waals surface area contributed by atoms with Crippen molar-refractivity contribution in [1.82, 2.24) is 20.2 Å². The normalized spacial score (nSPS) is 15.9. The number of nitrogens with zero attached hydrogens (tertiary/aromatic N) is 3. The molecule has 2 aliphatic rings. The van der Waals surface area contributed by atoms with Crippen LogP contribution in [0.2, 0.25) is 5.02 Å². The minimum atomic E-state index is -0.248. The quantitative estimate of drug-likeness (QED) is 0.344. The molecule has 1 atom stereocenters. The number of hydrogen-bond donors (Lipinski definition) is 1. The molecule has 9 heteroatoms. The number of benzene rings is 2. The first-order chi connectivity index (χ1) is 19.4. The molecule has 8 nitrogen and oxygen atoms in total. The molecule has 0 bridgehead atoms. The largest absolute Gasteiger partial charge is 0.490 e. The van der Waals surface area contributed by atoms with Gasteiger partial charge in [-0.25, -0.2) is 9.97 Å². The number of hydrogen-bond acceptors (Lipinski definition) is 6. The molecule has 208 valence electrons. The number of amides is 2. The average Bonchev–Trinajstić information content (AvgIpc) is 3.27. The molecule has 2 amide bonds. The van der Waals surface area contributed by atoms with Crippen LogP contribution in [0.5, 0.6) is 5.75 Å². The monoisotopic (exact) mass is 560 g/mol. The number of carbonyl (C=O) groups excluding carboxylic acids is 2. The van der Waals surface area contributed by atoms with Gasteiger partial charge in [0.25, 0.3) is 5.91 Å². The Kier molecular flexibility index (Phi) is 8.77. The van der Waals surface area contributed by atoms with E-state index in [-0.39, 0.29) is 24.4 Å². The van der Waals surface area contributed by atoms with Crippen molar-refractivity contribution < 1.29 is 19.1 Å². The highest BCUT2D eigenvalue weighted by Gasteiger charge is 2.30. The van der Waals surface area contributed by atoms with Crippen LogP contribution >= 0.6 is 11.6 Å². The van der Waals surface area contributed by atoms with E-state index in [1.165, 1.54) is 0 Å². The van der Waals surface area contributed by atoms with Crippen molar-refractivity contribution in [3.8, 4) is 17.0 Å². The zero-order valence-corrected chi connectivity index (χ0v) is 23.3. The Morgan fingerprint density at radius 1 is 1.27 bits per heavy atom. The summed E-state index contributed by atoms with van der Waals surface area (Å²) in [5.41, 5.74) is 3.71. The van der Waals surface area contributed by atoms with Gasteiger partial charge in [-0.15, -0.1) is 0 Å². The number of aromatic nitrogens is 2. The maximum Gasteiger partial charge on any atom is 0.254 e. The van der Waals surface area contributed by atoms with Crippen molar-refractivity contribution in [3.63, 3.8) is 0 Å². The second kappa shape index (κ2) is 12.6. The van der Waals surface area contributed by atoms with E-state index < -0.39 is 0 Å². The van der Waals surface area contributed by atoms with Gasteiger partial charge < -0.3 is 19.7 Å². The van der Waals surface area contributed by atoms with Crippen molar-refractivity contribution >= 4 is 23.4 Å². The highest BCUT2D eigenvalue weighted by molar-refractivity contribution is 6.32. The summed E-state index contributed by atoms with van der Waals surface area (Å²) in [7, 11) is 0. The minimum absolute atomic E-state index is 0.0383. The molecule has 1 saturated heterocycles. The summed E-state index contributed by atoms with van der Waals surface area (Å²) in [4.78, 5) is 36.9. The molecule has 0 aliphatic carbocycles. The van der Waals surface area contributed by atoms with Crippen LogP contribution in [-0.4, -0.2) is 53.0 Å². The molecule has 5 rings (SSSR count). The zero-order chi connectivity index (χ0) is 28.1. The molecule has 0 saturated carbocycles. The molecule has 40 heavy (non-hydrogen) atoms. The highest BCUT2D eigenvalue weighted by Crippen LogP contribution is 2.31. The molecule has 3 heterocycles. The van der Waals surface area contributed by atoms with Crippen molar-refractivity contribution in [2.75, 3.05) is 26.4 Å². The minimum Gasteiger partial charge on any atom is -0.490 e. The summed E-state index contributed by atoms with van der Waals surface area (Å²) in [6, 6.07) is 13.0. The predicted octanol–water partition coefficient (Wildman–Crippen LogP) is 5.16. The van der Waals surface area contributed by atoms with Gasteiger partial charge in [-0.05, 0) is 55.0 Å². The van der Waals surface area contributed by atoms with E-state index in [1.54, 1.807) is 17.2 Å². The van der Waals surface area contributed by atoms with Gasteiger partial charge in [-0.3, -0.25) is 9.59 Å². The van der Waals surface area contributed by atoms with E-state index in [1.807, 2.05) is 49.4 Å². The van der Waals surface area contributed by atoms with Gasteiger partial charge >= 0.3 is 0 Å². The maximum atomic E-state index is 13.3. The van der Waals surface area contributed by atoms with E-state index in [0.29, 0.717) is 41.1 Å². The predicted molar refractivity (Wildman–Crippen MR) is 153 cm³/mol. The first kappa shape index (κ1) is 27.8. The first-order valence-electron chi connectivity index (χ1n) is 13.6. The smallest absolute Gasteiger partial charge is 0.254 e. The summed E-state index contributed by atoms with van der Waals surface area (Å²) in [6.07, 6.45) is 6.07. The van der Waals surface area contributed by atoms with Crippen LogP contribution in [0.1, 0.15) is 53.1 Å². The Bertz CT molecular complexity index is 1410. The van der Waals surface area contributed by atoms with Crippen molar-refractivity contribution in [2.24, 2.45) is 5.92 Å². The number of nitrogens with one attached hydrogen (secondary N) is 1. The summed E-state index contributed by atoms with van der Waals surface area (Å²) in [6.45, 7) is 7.83. The van der Waals surface area contributed by atoms with Crippen molar-refractivity contribution in [1.29, 1.82) is 0 Å². The third kappa shape index (κ3) is 6.51. The Morgan fingerprint density at radius 2 is 2.10 bits per heavy atom. The standard InChI is InChI=1S/C31H33ClN4O4/c1-3-11-40-25-6-4-5-22(15-25)20(2)34-29(37)19-36-18-24-8-7-23(16-26(24)31(36)38)30-27(32)17-33-28(35-30)14-21-9-12-39-13-10-21/h3-8,15-17,20-21H,1,9-14,18-19H2,2H3,(H,34,37)/t20-/m1/s1. The van der Waals surface area contributed by atoms with Gasteiger partial charge in [0.05, 0.1) is 16.8 Å². The third-order valence-electron chi connectivity index (χ3n) is 7.31. The van der Waals surface area contributed by atoms with Gasteiger partial charge in [0.15, 0.2) is 0 Å². The van der Waals surface area contributed by atoms with E-state index in [0.717, 1.165) is 55.0 Å². The van der Waals surface area contributed by atoms with E-state index in [4.69, 9.17) is 26.1 Å². The van der Waals surface area contributed by atoms with Crippen LogP contribution in [-0.2, 0) is 22.5 Å². The lowest BCUT2D eigenvalue weighted by atomic mass is 9.96. The fourth-order valence-electron chi connectivity index (χ4n) is 5.12. The Hall–Kier alpha value is -3.75. The number of rotatable bonds is 10. The molecule has 0 unspecified atom stereocenters. The van der Waals surface area contributed by atoms with Gasteiger partial charge in [0, 0.05) is 43.5 Å². The molecule has 3 aromatic rings. The van der Waals surface area contributed by atoms with Gasteiger partial charge in [-0.2, -0.15) is 0 Å². The van der Waals surface area contributed by atoms with Gasteiger partial charge in [0.1, 0.15) is 24.7 Å². The molecule has 2 aliphatic heterocycles. The molecule has 0 radical (unpaired) electrons. The van der Waals surface area contributed by atoms with Gasteiger partial charge in [0.2, 0.25) is 5.91 Å². The topological polar surface area (TPSA) is 93.7 Å². The number of carbonyl (C=O) groups is 2. The molecular weight excluding hydrogens is 528 g/mol.